The molecular formula is C10H13NO3S. The smallest absolute Gasteiger partial charge is 0.203 e. The molecule has 0 saturated carbocycles. The summed E-state index contributed by atoms with van der Waals surface area (Å²) in [7, 11) is 4.63. The predicted molar refractivity (Wildman–Crippen MR) is 62.0 cm³/mol. The van der Waals surface area contributed by atoms with Gasteiger partial charge in [0, 0.05) is 5.56 Å². The standard InChI is InChI=1S/C10H13NO3S/c1-12-7-4-6(10(11)15)5-8(13-2)9(7)14-3/h4-5H,1-3H3,(H2,11,15). The monoisotopic (exact) mass is 227 g/mol. The average Bonchev–Trinajstić information content (AvgIpc) is 2.26. The predicted octanol–water partition coefficient (Wildman–Crippen LogP) is 1.35. The zero-order chi connectivity index (χ0) is 11.4. The number of benzene rings is 1. The highest BCUT2D eigenvalue weighted by atomic mass is 32.1. The number of rotatable bonds is 4. The minimum absolute atomic E-state index is 0.286. The lowest BCUT2D eigenvalue weighted by atomic mass is 10.2. The number of ether oxygens (including phenoxy) is 3. The molecule has 0 bridgehead atoms. The van der Waals surface area contributed by atoms with E-state index in [-0.39, 0.29) is 4.99 Å². The zero-order valence-electron chi connectivity index (χ0n) is 8.87. The van der Waals surface area contributed by atoms with E-state index >= 15 is 0 Å². The fraction of sp³-hybridized carbons (Fsp3) is 0.300. The SMILES string of the molecule is COc1cc(C(N)=S)cc(OC)c1OC. The maximum absolute atomic E-state index is 5.53. The van der Waals surface area contributed by atoms with E-state index in [0.29, 0.717) is 22.8 Å². The molecule has 0 aliphatic carbocycles. The summed E-state index contributed by atoms with van der Waals surface area (Å²) < 4.78 is 15.5. The van der Waals surface area contributed by atoms with Crippen LogP contribution >= 0.6 is 12.2 Å². The second kappa shape index (κ2) is 4.84. The van der Waals surface area contributed by atoms with Crippen LogP contribution in [0.5, 0.6) is 17.2 Å². The van der Waals surface area contributed by atoms with Crippen molar-refractivity contribution >= 4 is 17.2 Å². The van der Waals surface area contributed by atoms with Gasteiger partial charge in [0.25, 0.3) is 0 Å². The molecule has 0 saturated heterocycles. The quantitative estimate of drug-likeness (QED) is 0.787. The van der Waals surface area contributed by atoms with Crippen LogP contribution in [0.4, 0.5) is 0 Å². The lowest BCUT2D eigenvalue weighted by Crippen LogP contribution is -2.10. The molecule has 15 heavy (non-hydrogen) atoms. The van der Waals surface area contributed by atoms with Gasteiger partial charge in [-0.05, 0) is 12.1 Å². The van der Waals surface area contributed by atoms with Crippen molar-refractivity contribution in [2.75, 3.05) is 21.3 Å². The number of hydrogen-bond acceptors (Lipinski definition) is 4. The Morgan fingerprint density at radius 2 is 1.53 bits per heavy atom. The van der Waals surface area contributed by atoms with E-state index in [1.54, 1.807) is 33.5 Å². The molecule has 1 aromatic rings. The first kappa shape index (κ1) is 11.6. The molecule has 1 rings (SSSR count). The summed E-state index contributed by atoms with van der Waals surface area (Å²) in [6, 6.07) is 3.42. The summed E-state index contributed by atoms with van der Waals surface area (Å²) in [4.78, 5) is 0.286. The summed E-state index contributed by atoms with van der Waals surface area (Å²) in [5.74, 6) is 1.61. The lowest BCUT2D eigenvalue weighted by Gasteiger charge is -2.13. The van der Waals surface area contributed by atoms with Crippen molar-refractivity contribution in [3.8, 4) is 17.2 Å². The molecule has 0 heterocycles. The van der Waals surface area contributed by atoms with Crippen molar-refractivity contribution < 1.29 is 14.2 Å². The minimum atomic E-state index is 0.286. The number of thiocarbonyl (C=S) groups is 1. The van der Waals surface area contributed by atoms with E-state index in [1.807, 2.05) is 0 Å². The third-order valence-electron chi connectivity index (χ3n) is 1.95. The molecule has 82 valence electrons. The molecule has 0 aliphatic heterocycles. The third-order valence-corrected chi connectivity index (χ3v) is 2.18. The Bertz CT molecular complexity index is 354. The Balaban J connectivity index is 3.35. The van der Waals surface area contributed by atoms with Crippen molar-refractivity contribution in [3.05, 3.63) is 17.7 Å². The van der Waals surface area contributed by atoms with Gasteiger partial charge in [0.05, 0.1) is 21.3 Å². The van der Waals surface area contributed by atoms with Crippen LogP contribution in [0.15, 0.2) is 12.1 Å². The van der Waals surface area contributed by atoms with Crippen molar-refractivity contribution in [3.63, 3.8) is 0 Å². The molecule has 2 N–H and O–H groups in total. The fourth-order valence-electron chi connectivity index (χ4n) is 1.22. The van der Waals surface area contributed by atoms with Crippen LogP contribution in [0, 0.1) is 0 Å². The maximum atomic E-state index is 5.53. The van der Waals surface area contributed by atoms with E-state index in [2.05, 4.69) is 0 Å². The summed E-state index contributed by atoms with van der Waals surface area (Å²) in [6.45, 7) is 0. The van der Waals surface area contributed by atoms with Gasteiger partial charge >= 0.3 is 0 Å². The summed E-state index contributed by atoms with van der Waals surface area (Å²) >= 11 is 4.88. The van der Waals surface area contributed by atoms with Gasteiger partial charge in [-0.1, -0.05) is 12.2 Å². The van der Waals surface area contributed by atoms with Gasteiger partial charge in [-0.2, -0.15) is 0 Å². The van der Waals surface area contributed by atoms with Crippen molar-refractivity contribution in [2.24, 2.45) is 5.73 Å². The Morgan fingerprint density at radius 1 is 1.07 bits per heavy atom. The normalized spacial score (nSPS) is 9.53. The first-order valence-corrected chi connectivity index (χ1v) is 4.64. The highest BCUT2D eigenvalue weighted by molar-refractivity contribution is 7.80. The van der Waals surface area contributed by atoms with Gasteiger partial charge in [-0.15, -0.1) is 0 Å². The zero-order valence-corrected chi connectivity index (χ0v) is 9.68. The second-order valence-corrected chi connectivity index (χ2v) is 3.22. The fourth-order valence-corrected chi connectivity index (χ4v) is 1.34. The van der Waals surface area contributed by atoms with Crippen molar-refractivity contribution in [2.45, 2.75) is 0 Å². The Morgan fingerprint density at radius 3 is 1.80 bits per heavy atom. The minimum Gasteiger partial charge on any atom is -0.493 e. The molecule has 0 unspecified atom stereocenters. The van der Waals surface area contributed by atoms with Gasteiger partial charge in [0.1, 0.15) is 4.99 Å². The van der Waals surface area contributed by atoms with E-state index in [0.717, 1.165) is 0 Å². The average molecular weight is 227 g/mol. The summed E-state index contributed by atoms with van der Waals surface area (Å²) in [6.07, 6.45) is 0. The summed E-state index contributed by atoms with van der Waals surface area (Å²) in [5.41, 5.74) is 6.21. The molecule has 4 nitrogen and oxygen atoms in total. The number of nitrogens with two attached hydrogens (primary N) is 1. The lowest BCUT2D eigenvalue weighted by molar-refractivity contribution is 0.324. The van der Waals surface area contributed by atoms with Crippen LogP contribution in [0.25, 0.3) is 0 Å². The summed E-state index contributed by atoms with van der Waals surface area (Å²) in [5, 5.41) is 0. The number of hydrogen-bond donors (Lipinski definition) is 1. The molecule has 1 aromatic carbocycles. The Hall–Kier alpha value is -1.49. The van der Waals surface area contributed by atoms with Crippen LogP contribution in [0.2, 0.25) is 0 Å². The van der Waals surface area contributed by atoms with Crippen molar-refractivity contribution in [1.82, 2.24) is 0 Å². The highest BCUT2D eigenvalue weighted by Crippen LogP contribution is 2.38. The second-order valence-electron chi connectivity index (χ2n) is 2.78. The van der Waals surface area contributed by atoms with Crippen LogP contribution in [0.3, 0.4) is 0 Å². The Labute approximate surface area is 93.9 Å². The molecule has 0 atom stereocenters. The molecular weight excluding hydrogens is 214 g/mol. The molecule has 0 aliphatic rings. The first-order valence-electron chi connectivity index (χ1n) is 4.23. The molecule has 5 heteroatoms. The van der Waals surface area contributed by atoms with Gasteiger partial charge < -0.3 is 19.9 Å². The van der Waals surface area contributed by atoms with Gasteiger partial charge in [0.15, 0.2) is 11.5 Å². The van der Waals surface area contributed by atoms with Gasteiger partial charge in [-0.3, -0.25) is 0 Å². The topological polar surface area (TPSA) is 53.7 Å². The van der Waals surface area contributed by atoms with Gasteiger partial charge in [0.2, 0.25) is 5.75 Å². The van der Waals surface area contributed by atoms with E-state index < -0.39 is 0 Å². The van der Waals surface area contributed by atoms with Crippen LogP contribution in [0.1, 0.15) is 5.56 Å². The van der Waals surface area contributed by atoms with E-state index in [4.69, 9.17) is 32.2 Å². The molecule has 0 amide bonds. The number of methoxy groups -OCH3 is 3. The molecule has 0 radical (unpaired) electrons. The van der Waals surface area contributed by atoms with Crippen molar-refractivity contribution in [1.29, 1.82) is 0 Å². The maximum Gasteiger partial charge on any atom is 0.203 e. The highest BCUT2D eigenvalue weighted by Gasteiger charge is 2.13. The molecule has 0 aromatic heterocycles. The molecule has 0 spiro atoms. The third kappa shape index (κ3) is 2.30. The van der Waals surface area contributed by atoms with Crippen LogP contribution in [-0.2, 0) is 0 Å². The van der Waals surface area contributed by atoms with Crippen LogP contribution < -0.4 is 19.9 Å². The first-order chi connectivity index (χ1) is 7.13. The Kier molecular flexibility index (Phi) is 3.74. The van der Waals surface area contributed by atoms with E-state index in [1.165, 1.54) is 0 Å². The van der Waals surface area contributed by atoms with E-state index in [9.17, 15) is 0 Å². The largest absolute Gasteiger partial charge is 0.493 e. The molecule has 0 fully saturated rings. The van der Waals surface area contributed by atoms with Crippen LogP contribution in [-0.4, -0.2) is 26.3 Å². The van der Waals surface area contributed by atoms with Gasteiger partial charge in [-0.25, -0.2) is 0 Å².